The van der Waals surface area contributed by atoms with Gasteiger partial charge in [0.05, 0.1) is 23.3 Å². The molecule has 3 atom stereocenters. The first-order valence-corrected chi connectivity index (χ1v) is 14.3. The molecule has 0 fully saturated rings. The second-order valence-electron chi connectivity index (χ2n) is 12.5. The standard InChI is InChI=1S/C31H41N3O5S/c1-18-27(40)33-23-16-22-19(15-26(23)37-18)10-9-13-24(22)34(29(36)39-31(5,6)7)25(17-32)20-11-8-12-21(14-20)28(35)38-30(2,3)4/h8,11-12,14-16,18,24-25H,9-10,13,17,32H2,1-7H3,(H,33,40). The molecule has 3 N–H and O–H groups in total. The molecule has 0 aromatic heterocycles. The fourth-order valence-electron chi connectivity index (χ4n) is 5.18. The molecule has 1 amide bonds. The summed E-state index contributed by atoms with van der Waals surface area (Å²) in [6, 6.07) is 10.4. The number of nitrogens with zero attached hydrogens (tertiary/aromatic N) is 1. The quantitative estimate of drug-likeness (QED) is 0.313. The van der Waals surface area contributed by atoms with E-state index in [0.29, 0.717) is 10.6 Å². The predicted molar refractivity (Wildman–Crippen MR) is 160 cm³/mol. The molecule has 40 heavy (non-hydrogen) atoms. The first kappa shape index (κ1) is 29.8. The van der Waals surface area contributed by atoms with E-state index >= 15 is 0 Å². The number of ether oxygens (including phenoxy) is 3. The second-order valence-corrected chi connectivity index (χ2v) is 12.9. The van der Waals surface area contributed by atoms with E-state index in [0.717, 1.165) is 47.4 Å². The topological polar surface area (TPSA) is 103 Å². The van der Waals surface area contributed by atoms with E-state index in [4.69, 9.17) is 32.2 Å². The van der Waals surface area contributed by atoms with Gasteiger partial charge in [-0.15, -0.1) is 0 Å². The van der Waals surface area contributed by atoms with Crippen LogP contribution in [0.2, 0.25) is 0 Å². The summed E-state index contributed by atoms with van der Waals surface area (Å²) in [4.78, 5) is 29.2. The van der Waals surface area contributed by atoms with Crippen LogP contribution in [0, 0.1) is 0 Å². The predicted octanol–water partition coefficient (Wildman–Crippen LogP) is 6.48. The van der Waals surface area contributed by atoms with Crippen LogP contribution >= 0.6 is 12.2 Å². The number of amides is 1. The number of anilines is 1. The second kappa shape index (κ2) is 11.4. The molecular weight excluding hydrogens is 526 g/mol. The molecule has 1 aliphatic carbocycles. The van der Waals surface area contributed by atoms with Crippen LogP contribution in [0.5, 0.6) is 5.75 Å². The minimum absolute atomic E-state index is 0.136. The summed E-state index contributed by atoms with van der Waals surface area (Å²) in [5.74, 6) is 0.324. The minimum atomic E-state index is -0.710. The first-order chi connectivity index (χ1) is 18.7. The molecule has 3 unspecified atom stereocenters. The maximum atomic E-state index is 13.9. The Labute approximate surface area is 242 Å². The van der Waals surface area contributed by atoms with Crippen LogP contribution < -0.4 is 15.8 Å². The van der Waals surface area contributed by atoms with E-state index in [1.165, 1.54) is 0 Å². The highest BCUT2D eigenvalue weighted by Gasteiger charge is 2.38. The first-order valence-electron chi connectivity index (χ1n) is 13.9. The van der Waals surface area contributed by atoms with Gasteiger partial charge in [-0.25, -0.2) is 9.59 Å². The average molecular weight is 568 g/mol. The third-order valence-corrected chi connectivity index (χ3v) is 7.29. The van der Waals surface area contributed by atoms with Crippen molar-refractivity contribution in [3.05, 3.63) is 58.7 Å². The summed E-state index contributed by atoms with van der Waals surface area (Å²) >= 11 is 5.46. The van der Waals surface area contributed by atoms with Gasteiger partial charge in [0.2, 0.25) is 0 Å². The molecule has 0 saturated heterocycles. The lowest BCUT2D eigenvalue weighted by atomic mass is 9.84. The summed E-state index contributed by atoms with van der Waals surface area (Å²) in [6.07, 6.45) is 1.80. The van der Waals surface area contributed by atoms with Crippen LogP contribution in [0.15, 0.2) is 36.4 Å². The van der Waals surface area contributed by atoms with Crippen molar-refractivity contribution in [3.63, 3.8) is 0 Å². The molecule has 9 heteroatoms. The Morgan fingerprint density at radius 1 is 1.12 bits per heavy atom. The number of hydrogen-bond donors (Lipinski definition) is 2. The lowest BCUT2D eigenvalue weighted by Crippen LogP contribution is -2.45. The Morgan fingerprint density at radius 3 is 2.48 bits per heavy atom. The van der Waals surface area contributed by atoms with E-state index in [-0.39, 0.29) is 18.7 Å². The number of carbonyl (C=O) groups is 2. The van der Waals surface area contributed by atoms with Crippen molar-refractivity contribution in [1.82, 2.24) is 4.90 Å². The molecule has 0 bridgehead atoms. The molecule has 1 aliphatic heterocycles. The van der Waals surface area contributed by atoms with Gasteiger partial charge in [-0.1, -0.05) is 24.4 Å². The molecule has 0 spiro atoms. The molecule has 2 aromatic rings. The highest BCUT2D eigenvalue weighted by molar-refractivity contribution is 7.80. The normalized spacial score (nSPS) is 19.4. The highest BCUT2D eigenvalue weighted by atomic mass is 32.1. The van der Waals surface area contributed by atoms with E-state index in [2.05, 4.69) is 11.4 Å². The van der Waals surface area contributed by atoms with Crippen molar-refractivity contribution in [2.24, 2.45) is 5.73 Å². The number of carbonyl (C=O) groups excluding carboxylic acids is 2. The van der Waals surface area contributed by atoms with E-state index in [1.807, 2.05) is 60.6 Å². The fraction of sp³-hybridized carbons (Fsp3) is 0.516. The Morgan fingerprint density at radius 2 is 1.82 bits per heavy atom. The molecule has 2 aromatic carbocycles. The summed E-state index contributed by atoms with van der Waals surface area (Å²) < 4.78 is 17.6. The van der Waals surface area contributed by atoms with Crippen LogP contribution in [0.3, 0.4) is 0 Å². The maximum Gasteiger partial charge on any atom is 0.411 e. The van der Waals surface area contributed by atoms with E-state index < -0.39 is 29.3 Å². The van der Waals surface area contributed by atoms with Crippen molar-refractivity contribution >= 4 is 35.0 Å². The third-order valence-electron chi connectivity index (χ3n) is 6.86. The number of thiocarbonyl (C=S) groups is 1. The molecule has 216 valence electrons. The smallest absolute Gasteiger partial charge is 0.411 e. The van der Waals surface area contributed by atoms with Gasteiger partial charge in [-0.2, -0.15) is 0 Å². The lowest BCUT2D eigenvalue weighted by molar-refractivity contribution is 0.00256. The Balaban J connectivity index is 1.78. The van der Waals surface area contributed by atoms with Gasteiger partial charge >= 0.3 is 12.1 Å². The summed E-state index contributed by atoms with van der Waals surface area (Å²) in [6.45, 7) is 13.1. The van der Waals surface area contributed by atoms with Crippen LogP contribution in [-0.4, -0.2) is 45.8 Å². The largest absolute Gasteiger partial charge is 0.481 e. The van der Waals surface area contributed by atoms with Gasteiger partial charge in [-0.05, 0) is 109 Å². The molecule has 1 heterocycles. The lowest BCUT2D eigenvalue weighted by Gasteiger charge is -2.42. The molecule has 2 aliphatic rings. The maximum absolute atomic E-state index is 13.9. The number of nitrogens with one attached hydrogen (secondary N) is 1. The van der Waals surface area contributed by atoms with Crippen molar-refractivity contribution in [2.45, 2.75) is 97.1 Å². The monoisotopic (exact) mass is 567 g/mol. The van der Waals surface area contributed by atoms with Gasteiger partial charge in [0.1, 0.15) is 28.0 Å². The Bertz CT molecular complexity index is 1300. The van der Waals surface area contributed by atoms with Gasteiger partial charge < -0.3 is 25.3 Å². The molecule has 4 rings (SSSR count). The zero-order valence-electron chi connectivity index (χ0n) is 24.5. The van der Waals surface area contributed by atoms with Gasteiger partial charge in [-0.3, -0.25) is 4.90 Å². The molecule has 0 saturated carbocycles. The summed E-state index contributed by atoms with van der Waals surface area (Å²) in [5, 5.41) is 3.30. The van der Waals surface area contributed by atoms with Crippen LogP contribution in [0.25, 0.3) is 0 Å². The van der Waals surface area contributed by atoms with Crippen molar-refractivity contribution in [1.29, 1.82) is 0 Å². The molecule has 0 radical (unpaired) electrons. The summed E-state index contributed by atoms with van der Waals surface area (Å²) in [5.41, 5.74) is 9.09. The van der Waals surface area contributed by atoms with Crippen molar-refractivity contribution in [2.75, 3.05) is 11.9 Å². The number of nitrogens with two attached hydrogens (primary N) is 1. The fourth-order valence-corrected chi connectivity index (χ4v) is 5.33. The van der Waals surface area contributed by atoms with Gasteiger partial charge in [0.15, 0.2) is 0 Å². The number of esters is 1. The van der Waals surface area contributed by atoms with E-state index in [9.17, 15) is 9.59 Å². The van der Waals surface area contributed by atoms with Crippen molar-refractivity contribution < 1.29 is 23.8 Å². The molecule has 8 nitrogen and oxygen atoms in total. The van der Waals surface area contributed by atoms with Gasteiger partial charge in [0, 0.05) is 6.54 Å². The van der Waals surface area contributed by atoms with Crippen molar-refractivity contribution in [3.8, 4) is 5.75 Å². The number of rotatable bonds is 5. The van der Waals surface area contributed by atoms with Crippen LogP contribution in [-0.2, 0) is 15.9 Å². The SMILES string of the molecule is CC1Oc2cc3c(cc2NC1=S)C(N(C(=O)OC(C)(C)C)C(CN)c1cccc(C(=O)OC(C)(C)C)c1)CCC3. The van der Waals surface area contributed by atoms with Crippen LogP contribution in [0.1, 0.15) is 100 Å². The number of fused-ring (bicyclic) bond motifs is 2. The third kappa shape index (κ3) is 6.75. The minimum Gasteiger partial charge on any atom is -0.481 e. The zero-order chi connectivity index (χ0) is 29.4. The van der Waals surface area contributed by atoms with Gasteiger partial charge in [0.25, 0.3) is 0 Å². The van der Waals surface area contributed by atoms with Crippen LogP contribution in [0.4, 0.5) is 10.5 Å². The summed E-state index contributed by atoms with van der Waals surface area (Å²) in [7, 11) is 0. The number of aryl methyl sites for hydroxylation is 1. The average Bonchev–Trinajstić information content (AvgIpc) is 2.84. The molecular formula is C31H41N3O5S. The number of benzene rings is 2. The zero-order valence-corrected chi connectivity index (χ0v) is 25.3. The highest BCUT2D eigenvalue weighted by Crippen LogP contribution is 2.44. The Kier molecular flexibility index (Phi) is 8.47. The Hall–Kier alpha value is -3.17. The number of hydrogen-bond acceptors (Lipinski definition) is 7. The van der Waals surface area contributed by atoms with E-state index in [1.54, 1.807) is 23.1 Å².